The monoisotopic (exact) mass is 278 g/mol. The Morgan fingerprint density at radius 2 is 2.25 bits per heavy atom. The normalized spacial score (nSPS) is 25.6. The standard InChI is InChI=1S/C17H27FN2/c1-3-14-7-8-20(17(11-14)12-19)13(2)9-15-5-4-6-16(18)10-15/h4-6,10,13-14,17H,3,7-9,11-12,19H2,1-2H3. The minimum absolute atomic E-state index is 0.144. The van der Waals surface area contributed by atoms with Crippen molar-refractivity contribution in [3.8, 4) is 0 Å². The second kappa shape index (κ2) is 7.19. The summed E-state index contributed by atoms with van der Waals surface area (Å²) in [6.07, 6.45) is 4.62. The van der Waals surface area contributed by atoms with E-state index < -0.39 is 0 Å². The van der Waals surface area contributed by atoms with Crippen LogP contribution in [0.1, 0.15) is 38.7 Å². The molecular formula is C17H27FN2. The minimum atomic E-state index is -0.144. The Labute approximate surface area is 122 Å². The fourth-order valence-electron chi connectivity index (χ4n) is 3.46. The maximum atomic E-state index is 13.3. The van der Waals surface area contributed by atoms with Crippen LogP contribution in [0.3, 0.4) is 0 Å². The molecule has 0 bridgehead atoms. The van der Waals surface area contributed by atoms with Crippen molar-refractivity contribution in [3.63, 3.8) is 0 Å². The summed E-state index contributed by atoms with van der Waals surface area (Å²) in [5, 5.41) is 0. The first-order valence-corrected chi connectivity index (χ1v) is 7.84. The molecule has 20 heavy (non-hydrogen) atoms. The number of nitrogens with zero attached hydrogens (tertiary/aromatic N) is 1. The molecule has 1 aliphatic heterocycles. The Hall–Kier alpha value is -0.930. The van der Waals surface area contributed by atoms with Crippen molar-refractivity contribution in [2.45, 2.75) is 51.6 Å². The lowest BCUT2D eigenvalue weighted by atomic mass is 9.87. The molecule has 1 aromatic carbocycles. The van der Waals surface area contributed by atoms with E-state index in [2.05, 4.69) is 18.7 Å². The van der Waals surface area contributed by atoms with Crippen LogP contribution in [-0.2, 0) is 6.42 Å². The van der Waals surface area contributed by atoms with Crippen LogP contribution in [0.4, 0.5) is 4.39 Å². The fourth-order valence-corrected chi connectivity index (χ4v) is 3.46. The average molecular weight is 278 g/mol. The maximum Gasteiger partial charge on any atom is 0.123 e. The Morgan fingerprint density at radius 3 is 2.90 bits per heavy atom. The van der Waals surface area contributed by atoms with E-state index >= 15 is 0 Å². The van der Waals surface area contributed by atoms with Gasteiger partial charge in [0, 0.05) is 18.6 Å². The molecular weight excluding hydrogens is 251 g/mol. The molecule has 1 fully saturated rings. The largest absolute Gasteiger partial charge is 0.329 e. The van der Waals surface area contributed by atoms with E-state index in [4.69, 9.17) is 5.73 Å². The lowest BCUT2D eigenvalue weighted by Crippen LogP contribution is -2.51. The number of piperidine rings is 1. The number of hydrogen-bond acceptors (Lipinski definition) is 2. The average Bonchev–Trinajstić information content (AvgIpc) is 2.46. The fraction of sp³-hybridized carbons (Fsp3) is 0.647. The van der Waals surface area contributed by atoms with Crippen LogP contribution >= 0.6 is 0 Å². The van der Waals surface area contributed by atoms with E-state index in [1.165, 1.54) is 25.3 Å². The first-order valence-electron chi connectivity index (χ1n) is 7.84. The summed E-state index contributed by atoms with van der Waals surface area (Å²) in [6, 6.07) is 7.85. The zero-order valence-electron chi connectivity index (χ0n) is 12.7. The molecule has 0 spiro atoms. The van der Waals surface area contributed by atoms with Crippen molar-refractivity contribution >= 4 is 0 Å². The minimum Gasteiger partial charge on any atom is -0.329 e. The molecule has 2 N–H and O–H groups in total. The SMILES string of the molecule is CCC1CCN(C(C)Cc2cccc(F)c2)C(CN)C1. The summed E-state index contributed by atoms with van der Waals surface area (Å²) in [4.78, 5) is 2.52. The molecule has 0 amide bonds. The highest BCUT2D eigenvalue weighted by atomic mass is 19.1. The lowest BCUT2D eigenvalue weighted by Gasteiger charge is -2.42. The first kappa shape index (κ1) is 15.5. The number of rotatable bonds is 5. The van der Waals surface area contributed by atoms with Crippen LogP contribution in [-0.4, -0.2) is 30.1 Å². The van der Waals surface area contributed by atoms with Gasteiger partial charge in [0.2, 0.25) is 0 Å². The summed E-state index contributed by atoms with van der Waals surface area (Å²) in [6.45, 7) is 6.35. The van der Waals surface area contributed by atoms with Crippen LogP contribution in [0.2, 0.25) is 0 Å². The van der Waals surface area contributed by atoms with E-state index in [-0.39, 0.29) is 5.82 Å². The van der Waals surface area contributed by atoms with E-state index in [0.29, 0.717) is 12.1 Å². The van der Waals surface area contributed by atoms with Crippen molar-refractivity contribution in [1.29, 1.82) is 0 Å². The molecule has 0 saturated carbocycles. The highest BCUT2D eigenvalue weighted by Gasteiger charge is 2.29. The van der Waals surface area contributed by atoms with Gasteiger partial charge in [-0.2, -0.15) is 0 Å². The summed E-state index contributed by atoms with van der Waals surface area (Å²) < 4.78 is 13.3. The molecule has 3 heteroatoms. The predicted octanol–water partition coefficient (Wildman–Crippen LogP) is 3.21. The number of halogens is 1. The first-order chi connectivity index (χ1) is 9.63. The van der Waals surface area contributed by atoms with Gasteiger partial charge in [0.15, 0.2) is 0 Å². The number of likely N-dealkylation sites (tertiary alicyclic amines) is 1. The van der Waals surface area contributed by atoms with Crippen LogP contribution in [0, 0.1) is 11.7 Å². The predicted molar refractivity (Wildman–Crippen MR) is 82.1 cm³/mol. The van der Waals surface area contributed by atoms with Gasteiger partial charge in [-0.25, -0.2) is 4.39 Å². The molecule has 3 unspecified atom stereocenters. The lowest BCUT2D eigenvalue weighted by molar-refractivity contribution is 0.0774. The third-order valence-corrected chi connectivity index (χ3v) is 4.71. The summed E-state index contributed by atoms with van der Waals surface area (Å²) >= 11 is 0. The highest BCUT2D eigenvalue weighted by Crippen LogP contribution is 2.27. The van der Waals surface area contributed by atoms with Crippen molar-refractivity contribution in [2.75, 3.05) is 13.1 Å². The van der Waals surface area contributed by atoms with Crippen LogP contribution in [0.15, 0.2) is 24.3 Å². The van der Waals surface area contributed by atoms with Crippen LogP contribution in [0.5, 0.6) is 0 Å². The van der Waals surface area contributed by atoms with Gasteiger partial charge in [-0.3, -0.25) is 4.90 Å². The summed E-state index contributed by atoms with van der Waals surface area (Å²) in [7, 11) is 0. The summed E-state index contributed by atoms with van der Waals surface area (Å²) in [5.41, 5.74) is 7.04. The molecule has 112 valence electrons. The Kier molecular flexibility index (Phi) is 5.55. The Balaban J connectivity index is 1.99. The van der Waals surface area contributed by atoms with Crippen LogP contribution in [0.25, 0.3) is 0 Å². The molecule has 2 nitrogen and oxygen atoms in total. The molecule has 0 aromatic heterocycles. The molecule has 2 rings (SSSR count). The van der Waals surface area contributed by atoms with Gasteiger partial charge in [0.05, 0.1) is 0 Å². The third kappa shape index (κ3) is 3.80. The van der Waals surface area contributed by atoms with Gasteiger partial charge in [-0.05, 0) is 56.3 Å². The Bertz CT molecular complexity index is 421. The zero-order chi connectivity index (χ0) is 14.5. The zero-order valence-corrected chi connectivity index (χ0v) is 12.7. The number of nitrogens with two attached hydrogens (primary N) is 1. The van der Waals surface area contributed by atoms with E-state index in [0.717, 1.165) is 31.0 Å². The number of hydrogen-bond donors (Lipinski definition) is 1. The van der Waals surface area contributed by atoms with Gasteiger partial charge in [0.1, 0.15) is 5.82 Å². The molecule has 0 aliphatic carbocycles. The quantitative estimate of drug-likeness (QED) is 0.896. The maximum absolute atomic E-state index is 13.3. The molecule has 1 heterocycles. The molecule has 1 saturated heterocycles. The van der Waals surface area contributed by atoms with Gasteiger partial charge >= 0.3 is 0 Å². The van der Waals surface area contributed by atoms with Crippen molar-refractivity contribution in [2.24, 2.45) is 11.7 Å². The van der Waals surface area contributed by atoms with Gasteiger partial charge in [0.25, 0.3) is 0 Å². The van der Waals surface area contributed by atoms with Crippen molar-refractivity contribution < 1.29 is 4.39 Å². The molecule has 1 aliphatic rings. The Morgan fingerprint density at radius 1 is 1.45 bits per heavy atom. The van der Waals surface area contributed by atoms with Crippen LogP contribution < -0.4 is 5.73 Å². The molecule has 0 radical (unpaired) electrons. The topological polar surface area (TPSA) is 29.3 Å². The number of benzene rings is 1. The highest BCUT2D eigenvalue weighted by molar-refractivity contribution is 5.17. The van der Waals surface area contributed by atoms with E-state index in [9.17, 15) is 4.39 Å². The van der Waals surface area contributed by atoms with Gasteiger partial charge in [-0.15, -0.1) is 0 Å². The smallest absolute Gasteiger partial charge is 0.123 e. The van der Waals surface area contributed by atoms with E-state index in [1.54, 1.807) is 12.1 Å². The van der Waals surface area contributed by atoms with Gasteiger partial charge < -0.3 is 5.73 Å². The van der Waals surface area contributed by atoms with E-state index in [1.807, 2.05) is 6.07 Å². The summed E-state index contributed by atoms with van der Waals surface area (Å²) in [5.74, 6) is 0.677. The third-order valence-electron chi connectivity index (χ3n) is 4.71. The second-order valence-electron chi connectivity index (χ2n) is 6.11. The van der Waals surface area contributed by atoms with Crippen molar-refractivity contribution in [1.82, 2.24) is 4.90 Å². The molecule has 1 aromatic rings. The van der Waals surface area contributed by atoms with Gasteiger partial charge in [-0.1, -0.05) is 25.5 Å². The molecule has 3 atom stereocenters. The second-order valence-corrected chi connectivity index (χ2v) is 6.11. The van der Waals surface area contributed by atoms with Crippen molar-refractivity contribution in [3.05, 3.63) is 35.6 Å².